The number of halogens is 1. The van der Waals surface area contributed by atoms with Crippen molar-refractivity contribution in [1.29, 1.82) is 0 Å². The molecule has 0 fully saturated rings. The number of hydrogen-bond donors (Lipinski definition) is 0. The van der Waals surface area contributed by atoms with Crippen molar-refractivity contribution in [3.05, 3.63) is 46.9 Å². The van der Waals surface area contributed by atoms with E-state index in [2.05, 4.69) is 45.7 Å². The average Bonchev–Trinajstić information content (AvgIpc) is 2.56. The third kappa shape index (κ3) is 3.41. The lowest BCUT2D eigenvalue weighted by Gasteiger charge is -2.39. The van der Waals surface area contributed by atoms with Crippen LogP contribution < -0.4 is 9.64 Å². The highest BCUT2D eigenvalue weighted by Crippen LogP contribution is 2.31. The first-order valence-electron chi connectivity index (χ1n) is 7.69. The van der Waals surface area contributed by atoms with Gasteiger partial charge in [0.2, 0.25) is 0 Å². The molecule has 0 amide bonds. The van der Waals surface area contributed by atoms with Gasteiger partial charge in [0.15, 0.2) is 0 Å². The molecule has 1 aromatic carbocycles. The third-order valence-electron chi connectivity index (χ3n) is 4.15. The minimum atomic E-state index is 0.429. The summed E-state index contributed by atoms with van der Waals surface area (Å²) in [6.45, 7) is 6.76. The molecule has 1 aliphatic heterocycles. The van der Waals surface area contributed by atoms with E-state index in [9.17, 15) is 0 Å². The molecule has 1 aromatic heterocycles. The van der Waals surface area contributed by atoms with E-state index in [1.165, 1.54) is 11.9 Å². The van der Waals surface area contributed by atoms with Crippen LogP contribution >= 0.6 is 11.6 Å². The van der Waals surface area contributed by atoms with Gasteiger partial charge in [-0.1, -0.05) is 23.7 Å². The first kappa shape index (κ1) is 16.0. The third-order valence-corrected chi connectivity index (χ3v) is 4.47. The Labute approximate surface area is 141 Å². The van der Waals surface area contributed by atoms with Crippen LogP contribution in [0.1, 0.15) is 25.0 Å². The van der Waals surface area contributed by atoms with Gasteiger partial charge in [-0.25, -0.2) is 9.97 Å². The molecule has 3 rings (SSSR count). The topological polar surface area (TPSA) is 41.5 Å². The molecule has 1 aliphatic rings. The number of benzene rings is 1. The van der Waals surface area contributed by atoms with Gasteiger partial charge >= 0.3 is 0 Å². The van der Waals surface area contributed by atoms with Crippen LogP contribution in [0.5, 0.6) is 5.75 Å². The highest BCUT2D eigenvalue weighted by molar-refractivity contribution is 6.30. The Morgan fingerprint density at radius 2 is 1.96 bits per heavy atom. The molecular formula is C17H21ClN4O. The molecule has 0 atom stereocenters. The fourth-order valence-corrected chi connectivity index (χ4v) is 2.94. The average molecular weight is 333 g/mol. The van der Waals surface area contributed by atoms with E-state index in [4.69, 9.17) is 16.3 Å². The Balaban J connectivity index is 1.89. The summed E-state index contributed by atoms with van der Waals surface area (Å²) in [5.41, 5.74) is 2.21. The van der Waals surface area contributed by atoms with Crippen LogP contribution in [-0.2, 0) is 13.1 Å². The lowest BCUT2D eigenvalue weighted by atomic mass is 10.1. The lowest BCUT2D eigenvalue weighted by molar-refractivity contribution is 0.199. The predicted molar refractivity (Wildman–Crippen MR) is 91.8 cm³/mol. The fraction of sp³-hybridized carbons (Fsp3) is 0.412. The van der Waals surface area contributed by atoms with E-state index in [1.807, 2.05) is 12.1 Å². The lowest BCUT2D eigenvalue weighted by Crippen LogP contribution is -2.45. The summed E-state index contributed by atoms with van der Waals surface area (Å²) in [4.78, 5) is 13.2. The van der Waals surface area contributed by atoms with E-state index in [-0.39, 0.29) is 0 Å². The molecule has 122 valence electrons. The second-order valence-electron chi connectivity index (χ2n) is 5.99. The molecule has 2 aromatic rings. The maximum absolute atomic E-state index is 6.30. The number of anilines is 1. The minimum absolute atomic E-state index is 0.429. The van der Waals surface area contributed by atoms with E-state index >= 15 is 0 Å². The van der Waals surface area contributed by atoms with Gasteiger partial charge in [0, 0.05) is 24.7 Å². The quantitative estimate of drug-likeness (QED) is 0.803. The van der Waals surface area contributed by atoms with E-state index in [0.29, 0.717) is 11.2 Å². The molecular weight excluding hydrogens is 312 g/mol. The van der Waals surface area contributed by atoms with Crippen molar-refractivity contribution in [2.45, 2.75) is 33.0 Å². The molecule has 5 nitrogen and oxygen atoms in total. The molecule has 0 spiro atoms. The molecule has 6 heteroatoms. The first-order valence-corrected chi connectivity index (χ1v) is 8.07. The molecule has 0 bridgehead atoms. The number of hydrogen-bond acceptors (Lipinski definition) is 5. The molecule has 0 saturated heterocycles. The SMILES string of the molecule is COc1ccc(CN2CN(C(C)C)Cc3c(Cl)ncnc32)cc1. The van der Waals surface area contributed by atoms with Crippen LogP contribution in [0.2, 0.25) is 5.15 Å². The largest absolute Gasteiger partial charge is 0.497 e. The maximum Gasteiger partial charge on any atom is 0.139 e. The number of aromatic nitrogens is 2. The van der Waals surface area contributed by atoms with Crippen molar-refractivity contribution in [2.24, 2.45) is 0 Å². The van der Waals surface area contributed by atoms with Gasteiger partial charge in [-0.3, -0.25) is 4.90 Å². The Morgan fingerprint density at radius 1 is 1.22 bits per heavy atom. The Hall–Kier alpha value is -1.85. The molecule has 2 heterocycles. The Kier molecular flexibility index (Phi) is 4.68. The van der Waals surface area contributed by atoms with Crippen molar-refractivity contribution >= 4 is 17.4 Å². The zero-order chi connectivity index (χ0) is 16.4. The molecule has 0 aliphatic carbocycles. The van der Waals surface area contributed by atoms with Crippen LogP contribution in [0.15, 0.2) is 30.6 Å². The van der Waals surface area contributed by atoms with Gasteiger partial charge in [0.25, 0.3) is 0 Å². The van der Waals surface area contributed by atoms with Crippen LogP contribution in [0, 0.1) is 0 Å². The second kappa shape index (κ2) is 6.72. The number of fused-ring (bicyclic) bond motifs is 1. The first-order chi connectivity index (χ1) is 11.1. The van der Waals surface area contributed by atoms with Gasteiger partial charge < -0.3 is 9.64 Å². The van der Waals surface area contributed by atoms with Crippen molar-refractivity contribution < 1.29 is 4.74 Å². The van der Waals surface area contributed by atoms with Crippen LogP contribution in [0.3, 0.4) is 0 Å². The smallest absolute Gasteiger partial charge is 0.139 e. The second-order valence-corrected chi connectivity index (χ2v) is 6.35. The van der Waals surface area contributed by atoms with E-state index < -0.39 is 0 Å². The van der Waals surface area contributed by atoms with E-state index in [0.717, 1.165) is 36.9 Å². The van der Waals surface area contributed by atoms with Crippen LogP contribution in [-0.4, -0.2) is 34.7 Å². The number of methoxy groups -OCH3 is 1. The molecule has 23 heavy (non-hydrogen) atoms. The number of rotatable bonds is 4. The summed E-state index contributed by atoms with van der Waals surface area (Å²) in [7, 11) is 1.68. The Bertz CT molecular complexity index is 675. The van der Waals surface area contributed by atoms with Crippen molar-refractivity contribution in [3.63, 3.8) is 0 Å². The van der Waals surface area contributed by atoms with Crippen molar-refractivity contribution in [2.75, 3.05) is 18.7 Å². The normalized spacial score (nSPS) is 14.9. The Morgan fingerprint density at radius 3 is 2.61 bits per heavy atom. The summed E-state index contributed by atoms with van der Waals surface area (Å²) in [5, 5.41) is 0.542. The molecule has 0 unspecified atom stereocenters. The zero-order valence-electron chi connectivity index (χ0n) is 13.7. The van der Waals surface area contributed by atoms with Crippen LogP contribution in [0.4, 0.5) is 5.82 Å². The maximum atomic E-state index is 6.30. The summed E-state index contributed by atoms with van der Waals surface area (Å²) >= 11 is 6.30. The summed E-state index contributed by atoms with van der Waals surface area (Å²) in [6, 6.07) is 8.55. The predicted octanol–water partition coefficient (Wildman–Crippen LogP) is 3.33. The zero-order valence-corrected chi connectivity index (χ0v) is 14.4. The van der Waals surface area contributed by atoms with E-state index in [1.54, 1.807) is 7.11 Å². The molecule has 0 N–H and O–H groups in total. The van der Waals surface area contributed by atoms with Gasteiger partial charge in [-0.05, 0) is 31.5 Å². The van der Waals surface area contributed by atoms with Crippen LogP contribution in [0.25, 0.3) is 0 Å². The van der Waals surface area contributed by atoms with Gasteiger partial charge in [-0.2, -0.15) is 0 Å². The highest BCUT2D eigenvalue weighted by atomic mass is 35.5. The van der Waals surface area contributed by atoms with Gasteiger partial charge in [-0.15, -0.1) is 0 Å². The standard InChI is InChI=1S/C17H21ClN4O/c1-12(2)21-9-15-16(18)19-10-20-17(15)22(11-21)8-13-4-6-14(23-3)7-5-13/h4-7,10,12H,8-9,11H2,1-3H3. The van der Waals surface area contributed by atoms with Crippen molar-refractivity contribution in [3.8, 4) is 5.75 Å². The van der Waals surface area contributed by atoms with Gasteiger partial charge in [0.1, 0.15) is 23.0 Å². The molecule has 0 radical (unpaired) electrons. The number of nitrogens with zero attached hydrogens (tertiary/aromatic N) is 4. The summed E-state index contributed by atoms with van der Waals surface area (Å²) in [6.07, 6.45) is 1.53. The molecule has 0 saturated carbocycles. The monoisotopic (exact) mass is 332 g/mol. The summed E-state index contributed by atoms with van der Waals surface area (Å²) < 4.78 is 5.22. The highest BCUT2D eigenvalue weighted by Gasteiger charge is 2.27. The minimum Gasteiger partial charge on any atom is -0.497 e. The van der Waals surface area contributed by atoms with Gasteiger partial charge in [0.05, 0.1) is 13.8 Å². The van der Waals surface area contributed by atoms with Crippen molar-refractivity contribution in [1.82, 2.24) is 14.9 Å². The summed E-state index contributed by atoms with van der Waals surface area (Å²) in [5.74, 6) is 1.79. The number of ether oxygens (including phenoxy) is 1. The fourth-order valence-electron chi connectivity index (χ4n) is 2.75.